The van der Waals surface area contributed by atoms with Crippen molar-refractivity contribution in [2.75, 3.05) is 44.1 Å². The van der Waals surface area contributed by atoms with Crippen molar-refractivity contribution in [2.45, 2.75) is 19.0 Å². The van der Waals surface area contributed by atoms with E-state index >= 15 is 0 Å². The van der Waals surface area contributed by atoms with Crippen LogP contribution in [0.25, 0.3) is 0 Å². The first-order valence-electron chi connectivity index (χ1n) is 7.37. The van der Waals surface area contributed by atoms with E-state index in [2.05, 4.69) is 34.5 Å². The first-order valence-corrected chi connectivity index (χ1v) is 8.53. The Kier molecular flexibility index (Phi) is 5.94. The fourth-order valence-corrected chi connectivity index (χ4v) is 3.33. The van der Waals surface area contributed by atoms with Gasteiger partial charge in [0.2, 0.25) is 5.91 Å². The zero-order chi connectivity index (χ0) is 15.2. The summed E-state index contributed by atoms with van der Waals surface area (Å²) in [6.45, 7) is 1.69. The SMILES string of the molecule is CN(Cc1ccc(N(C)C)cc1)C(=O)CC1CSCCN1. The van der Waals surface area contributed by atoms with Crippen LogP contribution in [0.4, 0.5) is 5.69 Å². The van der Waals surface area contributed by atoms with E-state index in [1.54, 1.807) is 0 Å². The highest BCUT2D eigenvalue weighted by molar-refractivity contribution is 7.99. The zero-order valence-corrected chi connectivity index (χ0v) is 13.9. The van der Waals surface area contributed by atoms with Gasteiger partial charge in [0.1, 0.15) is 0 Å². The van der Waals surface area contributed by atoms with Gasteiger partial charge in [-0.3, -0.25) is 4.79 Å². The molecule has 1 atom stereocenters. The number of carbonyl (C=O) groups excluding carboxylic acids is 1. The number of amides is 1. The van der Waals surface area contributed by atoms with E-state index in [-0.39, 0.29) is 5.91 Å². The summed E-state index contributed by atoms with van der Waals surface area (Å²) in [5.74, 6) is 2.40. The number of thioether (sulfide) groups is 1. The molecule has 1 amide bonds. The fraction of sp³-hybridized carbons (Fsp3) is 0.562. The van der Waals surface area contributed by atoms with E-state index in [1.807, 2.05) is 37.8 Å². The fourth-order valence-electron chi connectivity index (χ4n) is 2.38. The van der Waals surface area contributed by atoms with Crippen molar-refractivity contribution in [1.82, 2.24) is 10.2 Å². The van der Waals surface area contributed by atoms with E-state index in [4.69, 9.17) is 0 Å². The van der Waals surface area contributed by atoms with Crippen molar-refractivity contribution >= 4 is 23.4 Å². The molecule has 1 unspecified atom stereocenters. The largest absolute Gasteiger partial charge is 0.378 e. The van der Waals surface area contributed by atoms with Gasteiger partial charge in [0.05, 0.1) is 0 Å². The Labute approximate surface area is 131 Å². The lowest BCUT2D eigenvalue weighted by Crippen LogP contribution is -2.41. The monoisotopic (exact) mass is 307 g/mol. The maximum Gasteiger partial charge on any atom is 0.224 e. The van der Waals surface area contributed by atoms with Gasteiger partial charge in [-0.2, -0.15) is 11.8 Å². The number of nitrogens with one attached hydrogen (secondary N) is 1. The number of anilines is 1. The predicted octanol–water partition coefficient (Wildman–Crippen LogP) is 1.81. The highest BCUT2D eigenvalue weighted by atomic mass is 32.2. The van der Waals surface area contributed by atoms with Crippen molar-refractivity contribution in [3.05, 3.63) is 29.8 Å². The zero-order valence-electron chi connectivity index (χ0n) is 13.1. The van der Waals surface area contributed by atoms with Crippen LogP contribution in [0.2, 0.25) is 0 Å². The topological polar surface area (TPSA) is 35.6 Å². The number of nitrogens with zero attached hydrogens (tertiary/aromatic N) is 2. The third kappa shape index (κ3) is 4.93. The molecular formula is C16H25N3OS. The summed E-state index contributed by atoms with van der Waals surface area (Å²) in [6, 6.07) is 8.69. The second-order valence-corrected chi connectivity index (χ2v) is 6.89. The van der Waals surface area contributed by atoms with Crippen LogP contribution in [-0.4, -0.2) is 56.0 Å². The molecule has 2 rings (SSSR count). The van der Waals surface area contributed by atoms with E-state index in [0.29, 0.717) is 19.0 Å². The van der Waals surface area contributed by atoms with Gasteiger partial charge in [-0.1, -0.05) is 12.1 Å². The summed E-state index contributed by atoms with van der Waals surface area (Å²) in [7, 11) is 5.94. The average Bonchev–Trinajstić information content (AvgIpc) is 2.48. The number of rotatable bonds is 5. The van der Waals surface area contributed by atoms with Gasteiger partial charge in [0.25, 0.3) is 0 Å². The molecule has 1 heterocycles. The molecule has 1 aromatic carbocycles. The molecule has 21 heavy (non-hydrogen) atoms. The molecule has 0 bridgehead atoms. The van der Waals surface area contributed by atoms with Crippen LogP contribution in [0.5, 0.6) is 0 Å². The van der Waals surface area contributed by atoms with Crippen molar-refractivity contribution in [2.24, 2.45) is 0 Å². The molecule has 5 heteroatoms. The molecule has 1 aromatic rings. The standard InChI is InChI=1S/C16H25N3OS/c1-18(2)15-6-4-13(5-7-15)11-19(3)16(20)10-14-12-21-9-8-17-14/h4-7,14,17H,8-12H2,1-3H3. The van der Waals surface area contributed by atoms with Crippen molar-refractivity contribution in [3.8, 4) is 0 Å². The van der Waals surface area contributed by atoms with Gasteiger partial charge in [-0.15, -0.1) is 0 Å². The van der Waals surface area contributed by atoms with Gasteiger partial charge in [-0.05, 0) is 17.7 Å². The Morgan fingerprint density at radius 3 is 2.57 bits per heavy atom. The highest BCUT2D eigenvalue weighted by Crippen LogP contribution is 2.15. The normalized spacial score (nSPS) is 18.3. The van der Waals surface area contributed by atoms with Crippen LogP contribution >= 0.6 is 11.8 Å². The Morgan fingerprint density at radius 1 is 1.29 bits per heavy atom. The minimum Gasteiger partial charge on any atom is -0.378 e. The second kappa shape index (κ2) is 7.71. The molecule has 1 saturated heterocycles. The van der Waals surface area contributed by atoms with E-state index in [0.717, 1.165) is 18.1 Å². The van der Waals surface area contributed by atoms with Crippen LogP contribution in [-0.2, 0) is 11.3 Å². The van der Waals surface area contributed by atoms with Crippen LogP contribution in [0.15, 0.2) is 24.3 Å². The van der Waals surface area contributed by atoms with Crippen LogP contribution in [0.3, 0.4) is 0 Å². The first kappa shape index (κ1) is 16.2. The molecular weight excluding hydrogens is 282 g/mol. The number of hydrogen-bond donors (Lipinski definition) is 1. The quantitative estimate of drug-likeness (QED) is 0.900. The average molecular weight is 307 g/mol. The summed E-state index contributed by atoms with van der Waals surface area (Å²) in [6.07, 6.45) is 0.597. The molecule has 1 aliphatic rings. The third-order valence-electron chi connectivity index (χ3n) is 3.72. The van der Waals surface area contributed by atoms with E-state index < -0.39 is 0 Å². The van der Waals surface area contributed by atoms with Crippen LogP contribution in [0.1, 0.15) is 12.0 Å². The van der Waals surface area contributed by atoms with Crippen LogP contribution < -0.4 is 10.2 Å². The smallest absolute Gasteiger partial charge is 0.224 e. The maximum absolute atomic E-state index is 12.3. The summed E-state index contributed by atoms with van der Waals surface area (Å²) in [4.78, 5) is 16.2. The summed E-state index contributed by atoms with van der Waals surface area (Å²) in [5, 5.41) is 3.41. The lowest BCUT2D eigenvalue weighted by molar-refractivity contribution is -0.130. The summed E-state index contributed by atoms with van der Waals surface area (Å²) < 4.78 is 0. The third-order valence-corrected chi connectivity index (χ3v) is 4.85. The Morgan fingerprint density at radius 2 is 2.00 bits per heavy atom. The Bertz CT molecular complexity index is 455. The van der Waals surface area contributed by atoms with Gasteiger partial charge < -0.3 is 15.1 Å². The molecule has 1 fully saturated rings. The molecule has 0 saturated carbocycles. The van der Waals surface area contributed by atoms with Gasteiger partial charge in [0.15, 0.2) is 0 Å². The minimum absolute atomic E-state index is 0.215. The predicted molar refractivity (Wildman–Crippen MR) is 91.0 cm³/mol. The summed E-state index contributed by atoms with van der Waals surface area (Å²) in [5.41, 5.74) is 2.35. The van der Waals surface area contributed by atoms with Gasteiger partial charge in [-0.25, -0.2) is 0 Å². The number of carbonyl (C=O) groups is 1. The van der Waals surface area contributed by atoms with Crippen molar-refractivity contribution < 1.29 is 4.79 Å². The lowest BCUT2D eigenvalue weighted by Gasteiger charge is -2.25. The molecule has 0 aliphatic carbocycles. The Balaban J connectivity index is 1.84. The first-order chi connectivity index (χ1) is 10.1. The van der Waals surface area contributed by atoms with Crippen LogP contribution in [0, 0.1) is 0 Å². The molecule has 4 nitrogen and oxygen atoms in total. The highest BCUT2D eigenvalue weighted by Gasteiger charge is 2.19. The molecule has 1 N–H and O–H groups in total. The van der Waals surface area contributed by atoms with Gasteiger partial charge in [0, 0.05) is 63.9 Å². The second-order valence-electron chi connectivity index (χ2n) is 5.74. The Hall–Kier alpha value is -1.20. The van der Waals surface area contributed by atoms with E-state index in [9.17, 15) is 4.79 Å². The molecule has 1 aliphatic heterocycles. The minimum atomic E-state index is 0.215. The van der Waals surface area contributed by atoms with Crippen molar-refractivity contribution in [1.29, 1.82) is 0 Å². The van der Waals surface area contributed by atoms with E-state index in [1.165, 1.54) is 11.3 Å². The maximum atomic E-state index is 12.3. The lowest BCUT2D eigenvalue weighted by atomic mass is 10.1. The molecule has 116 valence electrons. The molecule has 0 spiro atoms. The molecule has 0 radical (unpaired) electrons. The number of benzene rings is 1. The number of hydrogen-bond acceptors (Lipinski definition) is 4. The summed E-state index contributed by atoms with van der Waals surface area (Å²) >= 11 is 1.93. The van der Waals surface area contributed by atoms with Gasteiger partial charge >= 0.3 is 0 Å². The molecule has 0 aromatic heterocycles. The van der Waals surface area contributed by atoms with Crippen molar-refractivity contribution in [3.63, 3.8) is 0 Å².